The molecule has 0 unspecified atom stereocenters. The Morgan fingerprint density at radius 3 is 2.35 bits per heavy atom. The van der Waals surface area contributed by atoms with Gasteiger partial charge in [-0.15, -0.1) is 0 Å². The first kappa shape index (κ1) is 18.0. The van der Waals surface area contributed by atoms with E-state index < -0.39 is 18.2 Å². The van der Waals surface area contributed by atoms with Crippen LogP contribution in [0.5, 0.6) is 5.75 Å². The third-order valence-corrected chi connectivity index (χ3v) is 4.60. The lowest BCUT2D eigenvalue weighted by atomic mass is 10.2. The predicted octanol–water partition coefficient (Wildman–Crippen LogP) is 3.86. The van der Waals surface area contributed by atoms with Crippen molar-refractivity contribution < 1.29 is 13.9 Å². The number of anilines is 2. The average Bonchev–Trinajstić information content (AvgIpc) is 2.87. The molecule has 2 aromatic carbocycles. The smallest absolute Gasteiger partial charge is 0.214 e. The zero-order chi connectivity index (χ0) is 18.8. The molecule has 0 bridgehead atoms. The zero-order valence-corrected chi connectivity index (χ0v) is 15.7. The van der Waals surface area contributed by atoms with Crippen LogP contribution >= 0.6 is 15.9 Å². The number of ether oxygens (including phenoxy) is 1. The molecule has 7 heteroatoms. The second kappa shape index (κ2) is 7.18. The Kier molecular flexibility index (Phi) is 4.96. The molecule has 0 radical (unpaired) electrons. The van der Waals surface area contributed by atoms with Crippen LogP contribution in [0.4, 0.5) is 15.8 Å². The molecule has 0 N–H and O–H groups in total. The van der Waals surface area contributed by atoms with E-state index in [1.54, 1.807) is 30.0 Å². The number of fused-ring (bicyclic) bond motifs is 1. The van der Waals surface area contributed by atoms with Gasteiger partial charge < -0.3 is 14.5 Å². The fourth-order valence-corrected chi connectivity index (χ4v) is 3.20. The van der Waals surface area contributed by atoms with E-state index in [2.05, 4.69) is 15.9 Å². The number of Topliss-reactive ketones (excluding diaryl/α,β-unsaturated/α-hetero) is 1. The zero-order valence-electron chi connectivity index (χ0n) is 14.2. The summed E-state index contributed by atoms with van der Waals surface area (Å²) in [5, 5.41) is 9.54. The van der Waals surface area contributed by atoms with Crippen LogP contribution in [-0.2, 0) is 4.79 Å². The van der Waals surface area contributed by atoms with Crippen LogP contribution in [0.15, 0.2) is 58.3 Å². The van der Waals surface area contributed by atoms with Crippen molar-refractivity contribution in [3.8, 4) is 11.8 Å². The number of halogens is 2. The molecule has 1 aliphatic rings. The first-order chi connectivity index (χ1) is 12.4. The molecule has 132 valence electrons. The molecule has 2 aromatic rings. The van der Waals surface area contributed by atoms with Crippen molar-refractivity contribution in [2.45, 2.75) is 0 Å². The fourth-order valence-electron chi connectivity index (χ4n) is 2.86. The molecule has 26 heavy (non-hydrogen) atoms. The standard InChI is InChI=1S/C19H15BrFN3O2/c1-23-15-5-3-4-6-16(15)24(2)19(23)13(10-22)17(25)11-26-18-8-7-12(20)9-14(18)21/h3-9H,11H2,1-2H3. The molecule has 1 heterocycles. The van der Waals surface area contributed by atoms with Crippen molar-refractivity contribution in [3.63, 3.8) is 0 Å². The minimum absolute atomic E-state index is 0.0382. The van der Waals surface area contributed by atoms with Gasteiger partial charge >= 0.3 is 0 Å². The number of carbonyl (C=O) groups is 1. The Balaban J connectivity index is 1.86. The molecule has 0 aliphatic carbocycles. The van der Waals surface area contributed by atoms with Crippen LogP contribution in [0.2, 0.25) is 0 Å². The van der Waals surface area contributed by atoms with Crippen molar-refractivity contribution >= 4 is 33.1 Å². The van der Waals surface area contributed by atoms with E-state index in [9.17, 15) is 14.4 Å². The summed E-state index contributed by atoms with van der Waals surface area (Å²) in [5.41, 5.74) is 1.75. The lowest BCUT2D eigenvalue weighted by molar-refractivity contribution is -0.117. The maximum Gasteiger partial charge on any atom is 0.214 e. The third kappa shape index (κ3) is 3.16. The minimum Gasteiger partial charge on any atom is -0.482 e. The number of nitrogens with zero attached hydrogens (tertiary/aromatic N) is 3. The van der Waals surface area contributed by atoms with Crippen LogP contribution in [0.25, 0.3) is 0 Å². The number of benzene rings is 2. The molecule has 0 spiro atoms. The summed E-state index contributed by atoms with van der Waals surface area (Å²) in [6.07, 6.45) is 0. The van der Waals surface area contributed by atoms with Crippen LogP contribution in [0.1, 0.15) is 0 Å². The average molecular weight is 416 g/mol. The minimum atomic E-state index is -0.583. The van der Waals surface area contributed by atoms with E-state index in [1.807, 2.05) is 30.3 Å². The van der Waals surface area contributed by atoms with Crippen molar-refractivity contribution in [2.24, 2.45) is 0 Å². The highest BCUT2D eigenvalue weighted by Crippen LogP contribution is 2.40. The van der Waals surface area contributed by atoms with Gasteiger partial charge in [0.25, 0.3) is 0 Å². The second-order valence-electron chi connectivity index (χ2n) is 5.70. The Morgan fingerprint density at radius 1 is 1.19 bits per heavy atom. The summed E-state index contributed by atoms with van der Waals surface area (Å²) in [6, 6.07) is 13.8. The number of hydrogen-bond acceptors (Lipinski definition) is 5. The molecule has 0 atom stereocenters. The van der Waals surface area contributed by atoms with E-state index in [-0.39, 0.29) is 11.3 Å². The van der Waals surface area contributed by atoms with Gasteiger partial charge in [-0.05, 0) is 30.3 Å². The Labute approximate surface area is 159 Å². The third-order valence-electron chi connectivity index (χ3n) is 4.11. The van der Waals surface area contributed by atoms with Crippen LogP contribution < -0.4 is 14.5 Å². The summed E-state index contributed by atoms with van der Waals surface area (Å²) in [6.45, 7) is -0.428. The fraction of sp³-hybridized carbons (Fsp3) is 0.158. The summed E-state index contributed by atoms with van der Waals surface area (Å²) in [4.78, 5) is 16.1. The number of rotatable bonds is 4. The summed E-state index contributed by atoms with van der Waals surface area (Å²) in [7, 11) is 3.58. The number of carbonyl (C=O) groups excluding carboxylic acids is 1. The normalized spacial score (nSPS) is 12.7. The monoisotopic (exact) mass is 415 g/mol. The van der Waals surface area contributed by atoms with Gasteiger partial charge in [0.05, 0.1) is 11.4 Å². The number of hydrogen-bond donors (Lipinski definition) is 0. The highest BCUT2D eigenvalue weighted by Gasteiger charge is 2.31. The van der Waals surface area contributed by atoms with Crippen molar-refractivity contribution in [1.82, 2.24) is 0 Å². The van der Waals surface area contributed by atoms with Crippen molar-refractivity contribution in [2.75, 3.05) is 30.5 Å². The van der Waals surface area contributed by atoms with Gasteiger partial charge in [0.2, 0.25) is 5.78 Å². The van der Waals surface area contributed by atoms with Gasteiger partial charge in [-0.3, -0.25) is 4.79 Å². The number of para-hydroxylation sites is 2. The molecule has 0 saturated heterocycles. The predicted molar refractivity (Wildman–Crippen MR) is 100 cm³/mol. The van der Waals surface area contributed by atoms with Crippen molar-refractivity contribution in [3.05, 3.63) is 64.1 Å². The lowest BCUT2D eigenvalue weighted by Gasteiger charge is -2.20. The molecule has 1 aliphatic heterocycles. The first-order valence-electron chi connectivity index (χ1n) is 7.76. The maximum atomic E-state index is 13.8. The number of nitriles is 1. The molecule has 0 aromatic heterocycles. The van der Waals surface area contributed by atoms with E-state index in [1.165, 1.54) is 12.1 Å². The molecule has 3 rings (SSSR count). The lowest BCUT2D eigenvalue weighted by Crippen LogP contribution is -2.28. The molecule has 0 saturated carbocycles. The van der Waals surface area contributed by atoms with Gasteiger partial charge in [-0.2, -0.15) is 5.26 Å². The molecule has 5 nitrogen and oxygen atoms in total. The summed E-state index contributed by atoms with van der Waals surface area (Å²) in [5.74, 6) is -0.670. The van der Waals surface area contributed by atoms with E-state index in [0.29, 0.717) is 10.3 Å². The van der Waals surface area contributed by atoms with Crippen LogP contribution in [0, 0.1) is 17.1 Å². The largest absolute Gasteiger partial charge is 0.482 e. The van der Waals surface area contributed by atoms with Gasteiger partial charge in [0, 0.05) is 18.6 Å². The van der Waals surface area contributed by atoms with Gasteiger partial charge in [-0.25, -0.2) is 4.39 Å². The van der Waals surface area contributed by atoms with Crippen molar-refractivity contribution in [1.29, 1.82) is 5.26 Å². The SMILES string of the molecule is CN1C(=C(C#N)C(=O)COc2ccc(Br)cc2F)N(C)c2ccccc21. The Bertz CT molecular complexity index is 921. The maximum absolute atomic E-state index is 13.8. The van der Waals surface area contributed by atoms with E-state index >= 15 is 0 Å². The topological polar surface area (TPSA) is 56.6 Å². The van der Waals surface area contributed by atoms with Crippen LogP contribution in [-0.4, -0.2) is 26.5 Å². The quantitative estimate of drug-likeness (QED) is 0.560. The van der Waals surface area contributed by atoms with Gasteiger partial charge in [-0.1, -0.05) is 28.1 Å². The highest BCUT2D eigenvalue weighted by molar-refractivity contribution is 9.10. The van der Waals surface area contributed by atoms with E-state index in [0.717, 1.165) is 11.4 Å². The highest BCUT2D eigenvalue weighted by atomic mass is 79.9. The Morgan fingerprint density at radius 2 is 1.81 bits per heavy atom. The second-order valence-corrected chi connectivity index (χ2v) is 6.62. The number of ketones is 1. The molecular formula is C19H15BrFN3O2. The summed E-state index contributed by atoms with van der Waals surface area (Å²) >= 11 is 3.16. The van der Waals surface area contributed by atoms with Gasteiger partial charge in [0.15, 0.2) is 18.2 Å². The van der Waals surface area contributed by atoms with Crippen LogP contribution in [0.3, 0.4) is 0 Å². The van der Waals surface area contributed by atoms with E-state index in [4.69, 9.17) is 4.74 Å². The molecular weight excluding hydrogens is 401 g/mol. The van der Waals surface area contributed by atoms with Gasteiger partial charge in [0.1, 0.15) is 17.5 Å². The summed E-state index contributed by atoms with van der Waals surface area (Å²) < 4.78 is 19.7. The molecule has 0 amide bonds. The Hall–Kier alpha value is -2.85. The molecule has 0 fully saturated rings. The first-order valence-corrected chi connectivity index (χ1v) is 8.55.